The molecule has 1 aromatic carbocycles. The van der Waals surface area contributed by atoms with E-state index in [9.17, 15) is 9.90 Å². The van der Waals surface area contributed by atoms with Crippen molar-refractivity contribution in [3.05, 3.63) is 35.9 Å². The number of carbonyl (C=O) groups is 1. The zero-order valence-corrected chi connectivity index (χ0v) is 19.1. The number of piperidine rings is 1. The Morgan fingerprint density at radius 3 is 2.37 bits per heavy atom. The largest absolute Gasteiger partial charge is 0.375 e. The van der Waals surface area contributed by atoms with Gasteiger partial charge in [0.1, 0.15) is 0 Å². The molecule has 4 nitrogen and oxygen atoms in total. The normalized spacial score (nSPS) is 22.0. The van der Waals surface area contributed by atoms with Gasteiger partial charge in [-0.2, -0.15) is 0 Å². The Balaban J connectivity index is 1.55. The Labute approximate surface area is 183 Å². The van der Waals surface area contributed by atoms with Crippen molar-refractivity contribution in [2.75, 3.05) is 19.6 Å². The van der Waals surface area contributed by atoms with Gasteiger partial charge in [0.2, 0.25) is 0 Å². The summed E-state index contributed by atoms with van der Waals surface area (Å²) in [6.07, 6.45) is 11.2. The molecule has 1 saturated carbocycles. The van der Waals surface area contributed by atoms with Gasteiger partial charge < -0.3 is 15.3 Å². The van der Waals surface area contributed by atoms with Crippen molar-refractivity contribution in [2.45, 2.75) is 89.7 Å². The fraction of sp³-hybridized carbons (Fsp3) is 0.731. The second-order valence-electron chi connectivity index (χ2n) is 9.55. The number of carbonyl (C=O) groups excluding carboxylic acids is 1. The van der Waals surface area contributed by atoms with E-state index in [2.05, 4.69) is 24.1 Å². The van der Waals surface area contributed by atoms with Crippen LogP contribution in [0.3, 0.4) is 0 Å². The minimum Gasteiger partial charge on any atom is -0.375 e. The number of rotatable bonds is 10. The molecule has 1 aliphatic carbocycles. The highest BCUT2D eigenvalue weighted by molar-refractivity contribution is 5.87. The van der Waals surface area contributed by atoms with Gasteiger partial charge in [0.25, 0.3) is 5.91 Å². The van der Waals surface area contributed by atoms with Crippen LogP contribution in [0.2, 0.25) is 0 Å². The predicted octanol–water partition coefficient (Wildman–Crippen LogP) is 4.86. The van der Waals surface area contributed by atoms with Gasteiger partial charge in [-0.15, -0.1) is 0 Å². The third kappa shape index (κ3) is 5.64. The first-order chi connectivity index (χ1) is 14.6. The second-order valence-corrected chi connectivity index (χ2v) is 9.55. The maximum Gasteiger partial charge on any atom is 0.257 e. The van der Waals surface area contributed by atoms with Crippen LogP contribution in [0.25, 0.3) is 0 Å². The van der Waals surface area contributed by atoms with E-state index < -0.39 is 5.60 Å². The van der Waals surface area contributed by atoms with E-state index in [-0.39, 0.29) is 17.9 Å². The summed E-state index contributed by atoms with van der Waals surface area (Å²) in [6, 6.07) is 9.76. The zero-order chi connectivity index (χ0) is 21.4. The fourth-order valence-electron chi connectivity index (χ4n) is 5.51. The van der Waals surface area contributed by atoms with Crippen LogP contribution < -0.4 is 5.32 Å². The van der Waals surface area contributed by atoms with Crippen molar-refractivity contribution in [3.63, 3.8) is 0 Å². The Kier molecular flexibility index (Phi) is 8.76. The maximum absolute atomic E-state index is 13.4. The van der Waals surface area contributed by atoms with E-state index in [1.807, 2.05) is 30.3 Å². The zero-order valence-electron chi connectivity index (χ0n) is 19.1. The summed E-state index contributed by atoms with van der Waals surface area (Å²) in [7, 11) is 0. The SMILES string of the molecule is CCCC(CC)CCN1CCC(NC(=O)C(O)(c2ccccc2)C2CCCC2)CC1. The molecule has 1 aliphatic heterocycles. The molecule has 30 heavy (non-hydrogen) atoms. The van der Waals surface area contributed by atoms with Crippen molar-refractivity contribution in [1.29, 1.82) is 0 Å². The summed E-state index contributed by atoms with van der Waals surface area (Å²) in [5.74, 6) is 0.678. The van der Waals surface area contributed by atoms with Crippen LogP contribution in [0.5, 0.6) is 0 Å². The van der Waals surface area contributed by atoms with Crippen molar-refractivity contribution in [1.82, 2.24) is 10.2 Å². The van der Waals surface area contributed by atoms with Gasteiger partial charge in [-0.1, -0.05) is 76.3 Å². The number of nitrogens with one attached hydrogen (secondary N) is 1. The molecular weight excluding hydrogens is 372 g/mol. The molecule has 168 valence electrons. The highest BCUT2D eigenvalue weighted by atomic mass is 16.3. The first-order valence-corrected chi connectivity index (χ1v) is 12.4. The molecule has 2 atom stereocenters. The van der Waals surface area contributed by atoms with Gasteiger partial charge in [0.15, 0.2) is 5.60 Å². The van der Waals surface area contributed by atoms with Crippen LogP contribution in [0.1, 0.15) is 83.6 Å². The van der Waals surface area contributed by atoms with E-state index in [0.29, 0.717) is 0 Å². The lowest BCUT2D eigenvalue weighted by atomic mass is 9.79. The molecule has 1 saturated heterocycles. The van der Waals surface area contributed by atoms with E-state index in [0.717, 1.165) is 63.1 Å². The number of hydrogen-bond acceptors (Lipinski definition) is 3. The van der Waals surface area contributed by atoms with E-state index in [1.54, 1.807) is 0 Å². The predicted molar refractivity (Wildman–Crippen MR) is 123 cm³/mol. The molecule has 2 aliphatic rings. The summed E-state index contributed by atoms with van der Waals surface area (Å²) in [5, 5.41) is 14.9. The van der Waals surface area contributed by atoms with Crippen LogP contribution in [0.4, 0.5) is 0 Å². The van der Waals surface area contributed by atoms with Crippen LogP contribution >= 0.6 is 0 Å². The molecule has 0 aromatic heterocycles. The van der Waals surface area contributed by atoms with E-state index in [4.69, 9.17) is 0 Å². The second kappa shape index (κ2) is 11.3. The van der Waals surface area contributed by atoms with Gasteiger partial charge >= 0.3 is 0 Å². The minimum atomic E-state index is -1.40. The Morgan fingerprint density at radius 2 is 1.77 bits per heavy atom. The van der Waals surface area contributed by atoms with E-state index >= 15 is 0 Å². The summed E-state index contributed by atoms with van der Waals surface area (Å²) in [4.78, 5) is 15.9. The van der Waals surface area contributed by atoms with E-state index in [1.165, 1.54) is 32.2 Å². The number of benzene rings is 1. The summed E-state index contributed by atoms with van der Waals surface area (Å²) in [5.41, 5.74) is -0.656. The summed E-state index contributed by atoms with van der Waals surface area (Å²) in [6.45, 7) is 7.84. The molecule has 0 bridgehead atoms. The average molecular weight is 415 g/mol. The highest BCUT2D eigenvalue weighted by Gasteiger charge is 2.46. The number of likely N-dealkylation sites (tertiary alicyclic amines) is 1. The standard InChI is InChI=1S/C26H42N2O2/c1-3-10-21(4-2)15-18-28-19-16-24(17-20-28)27-25(29)26(30,23-13-8-9-14-23)22-11-6-5-7-12-22/h5-7,11-12,21,23-24,30H,3-4,8-10,13-20H2,1-2H3,(H,27,29). The number of aliphatic hydroxyl groups is 1. The van der Waals surface area contributed by atoms with Gasteiger partial charge in [-0.3, -0.25) is 4.79 Å². The van der Waals surface area contributed by atoms with Crippen LogP contribution in [-0.2, 0) is 10.4 Å². The molecule has 2 fully saturated rings. The molecule has 3 rings (SSSR count). The maximum atomic E-state index is 13.4. The molecule has 1 amide bonds. The molecular formula is C26H42N2O2. The lowest BCUT2D eigenvalue weighted by Gasteiger charge is -2.37. The van der Waals surface area contributed by atoms with Crippen LogP contribution in [0.15, 0.2) is 30.3 Å². The van der Waals surface area contributed by atoms with Crippen molar-refractivity contribution < 1.29 is 9.90 Å². The molecule has 2 unspecified atom stereocenters. The Hall–Kier alpha value is -1.39. The van der Waals surface area contributed by atoms with Gasteiger partial charge in [-0.05, 0) is 50.1 Å². The summed E-state index contributed by atoms with van der Waals surface area (Å²) >= 11 is 0. The van der Waals surface area contributed by atoms with Crippen molar-refractivity contribution >= 4 is 5.91 Å². The van der Waals surface area contributed by atoms with Crippen molar-refractivity contribution in [2.24, 2.45) is 11.8 Å². The van der Waals surface area contributed by atoms with Gasteiger partial charge in [-0.25, -0.2) is 0 Å². The lowest BCUT2D eigenvalue weighted by Crippen LogP contribution is -2.54. The average Bonchev–Trinajstić information content (AvgIpc) is 3.33. The lowest BCUT2D eigenvalue weighted by molar-refractivity contribution is -0.148. The van der Waals surface area contributed by atoms with Gasteiger partial charge in [0.05, 0.1) is 0 Å². The molecule has 4 heteroatoms. The Morgan fingerprint density at radius 1 is 1.10 bits per heavy atom. The monoisotopic (exact) mass is 414 g/mol. The van der Waals surface area contributed by atoms with Gasteiger partial charge in [0, 0.05) is 25.0 Å². The number of hydrogen-bond donors (Lipinski definition) is 2. The molecule has 2 N–H and O–H groups in total. The fourth-order valence-corrected chi connectivity index (χ4v) is 5.51. The third-order valence-electron chi connectivity index (χ3n) is 7.56. The highest BCUT2D eigenvalue weighted by Crippen LogP contribution is 2.41. The quantitative estimate of drug-likeness (QED) is 0.575. The first kappa shape index (κ1) is 23.3. The smallest absolute Gasteiger partial charge is 0.257 e. The van der Waals surface area contributed by atoms with Crippen LogP contribution in [-0.4, -0.2) is 41.6 Å². The number of nitrogens with zero attached hydrogens (tertiary/aromatic N) is 1. The summed E-state index contributed by atoms with van der Waals surface area (Å²) < 4.78 is 0. The molecule has 0 radical (unpaired) electrons. The van der Waals surface area contributed by atoms with Crippen LogP contribution in [0, 0.1) is 11.8 Å². The number of amides is 1. The first-order valence-electron chi connectivity index (χ1n) is 12.4. The third-order valence-corrected chi connectivity index (χ3v) is 7.56. The molecule has 1 aromatic rings. The Bertz CT molecular complexity index is 636. The van der Waals surface area contributed by atoms with Crippen molar-refractivity contribution in [3.8, 4) is 0 Å². The topological polar surface area (TPSA) is 52.6 Å². The molecule has 1 heterocycles. The minimum absolute atomic E-state index is 0.0181. The molecule has 0 spiro atoms.